The quantitative estimate of drug-likeness (QED) is 0.529. The number of nitrogens with zero attached hydrogens (tertiary/aromatic N) is 5. The van der Waals surface area contributed by atoms with Crippen molar-refractivity contribution in [2.45, 2.75) is 43.8 Å². The lowest BCUT2D eigenvalue weighted by molar-refractivity contribution is -0.0233. The molecule has 3 fully saturated rings. The van der Waals surface area contributed by atoms with Gasteiger partial charge in [-0.1, -0.05) is 35.3 Å². The van der Waals surface area contributed by atoms with Gasteiger partial charge in [-0.25, -0.2) is 4.98 Å². The van der Waals surface area contributed by atoms with E-state index in [1.54, 1.807) is 0 Å². The summed E-state index contributed by atoms with van der Waals surface area (Å²) in [5.74, 6) is 1.00. The molecule has 4 heterocycles. The lowest BCUT2D eigenvalue weighted by atomic mass is 9.94. The van der Waals surface area contributed by atoms with E-state index in [2.05, 4.69) is 43.8 Å². The van der Waals surface area contributed by atoms with Gasteiger partial charge in [0.25, 0.3) is 0 Å². The van der Waals surface area contributed by atoms with Crippen LogP contribution in [0.4, 0.5) is 5.82 Å². The van der Waals surface area contributed by atoms with E-state index in [4.69, 9.17) is 27.9 Å². The van der Waals surface area contributed by atoms with Crippen LogP contribution in [0.3, 0.4) is 0 Å². The number of anilines is 1. The smallest absolute Gasteiger partial charge is 0.129 e. The Labute approximate surface area is 226 Å². The molecule has 0 amide bonds. The zero-order valence-corrected chi connectivity index (χ0v) is 22.9. The lowest BCUT2D eigenvalue weighted by Crippen LogP contribution is -2.63. The molecule has 5 rings (SSSR count). The maximum absolute atomic E-state index is 6.24. The molecule has 0 aliphatic carbocycles. The van der Waals surface area contributed by atoms with E-state index in [9.17, 15) is 0 Å². The van der Waals surface area contributed by atoms with Crippen molar-refractivity contribution in [3.8, 4) is 0 Å². The van der Waals surface area contributed by atoms with Crippen molar-refractivity contribution in [2.24, 2.45) is 0 Å². The number of likely N-dealkylation sites (N-methyl/N-ethyl adjacent to an activating group) is 1. The van der Waals surface area contributed by atoms with Gasteiger partial charge in [-0.15, -0.1) is 0 Å². The van der Waals surface area contributed by atoms with E-state index in [-0.39, 0.29) is 0 Å². The molecule has 0 spiro atoms. The summed E-state index contributed by atoms with van der Waals surface area (Å²) in [6.07, 6.45) is 6.41. The van der Waals surface area contributed by atoms with E-state index in [0.717, 1.165) is 81.3 Å². The highest BCUT2D eigenvalue weighted by Crippen LogP contribution is 2.29. The minimum absolute atomic E-state index is 0.558. The molecule has 3 aliphatic rings. The van der Waals surface area contributed by atoms with Crippen molar-refractivity contribution < 1.29 is 4.74 Å². The third kappa shape index (κ3) is 6.72. The van der Waals surface area contributed by atoms with Gasteiger partial charge in [-0.2, -0.15) is 0 Å². The first-order chi connectivity index (χ1) is 17.5. The average Bonchev–Trinajstić information content (AvgIpc) is 2.90. The Morgan fingerprint density at radius 2 is 1.67 bits per heavy atom. The Bertz CT molecular complexity index is 963. The molecule has 36 heavy (non-hydrogen) atoms. The first-order valence-corrected chi connectivity index (χ1v) is 14.2. The van der Waals surface area contributed by atoms with Gasteiger partial charge < -0.3 is 9.64 Å². The van der Waals surface area contributed by atoms with Crippen molar-refractivity contribution in [1.82, 2.24) is 19.7 Å². The third-order valence-electron chi connectivity index (χ3n) is 8.23. The molecular weight excluding hydrogens is 493 g/mol. The summed E-state index contributed by atoms with van der Waals surface area (Å²) in [5.41, 5.74) is 1.37. The van der Waals surface area contributed by atoms with E-state index < -0.39 is 0 Å². The van der Waals surface area contributed by atoms with Crippen molar-refractivity contribution in [2.75, 3.05) is 71.0 Å². The molecule has 2 atom stereocenters. The number of hydrogen-bond acceptors (Lipinski definition) is 6. The van der Waals surface area contributed by atoms with E-state index in [0.29, 0.717) is 18.1 Å². The zero-order chi connectivity index (χ0) is 24.9. The maximum atomic E-state index is 6.24. The number of ether oxygens (including phenoxy) is 1. The molecule has 0 unspecified atom stereocenters. The predicted octanol–water partition coefficient (Wildman–Crippen LogP) is 4.31. The highest BCUT2D eigenvalue weighted by Gasteiger charge is 2.37. The molecule has 1 aromatic carbocycles. The van der Waals surface area contributed by atoms with Gasteiger partial charge in [0, 0.05) is 80.2 Å². The fourth-order valence-corrected chi connectivity index (χ4v) is 6.36. The number of morpholine rings is 1. The van der Waals surface area contributed by atoms with Crippen LogP contribution in [0.2, 0.25) is 10.0 Å². The summed E-state index contributed by atoms with van der Waals surface area (Å²) in [7, 11) is 2.32. The van der Waals surface area contributed by atoms with Gasteiger partial charge >= 0.3 is 0 Å². The monoisotopic (exact) mass is 531 g/mol. The largest absolute Gasteiger partial charge is 0.379 e. The second-order valence-electron chi connectivity index (χ2n) is 10.6. The fraction of sp³-hybridized carbons (Fsp3) is 0.607. The summed E-state index contributed by atoms with van der Waals surface area (Å²) >= 11 is 12.4. The topological polar surface area (TPSA) is 35.1 Å². The van der Waals surface area contributed by atoms with Gasteiger partial charge in [0.15, 0.2) is 0 Å². The summed E-state index contributed by atoms with van der Waals surface area (Å²) in [6.45, 7) is 9.28. The number of aryl methyl sites for hydroxylation is 1. The number of piperidine rings is 1. The summed E-state index contributed by atoms with van der Waals surface area (Å²) in [4.78, 5) is 15.0. The van der Waals surface area contributed by atoms with Crippen molar-refractivity contribution in [1.29, 1.82) is 0 Å². The van der Waals surface area contributed by atoms with Crippen molar-refractivity contribution in [3.05, 3.63) is 58.2 Å². The normalized spacial score (nSPS) is 25.4. The predicted molar refractivity (Wildman–Crippen MR) is 148 cm³/mol. The number of aromatic nitrogens is 1. The third-order valence-corrected chi connectivity index (χ3v) is 8.72. The van der Waals surface area contributed by atoms with Crippen LogP contribution in [0, 0.1) is 0 Å². The molecule has 0 radical (unpaired) electrons. The molecule has 0 saturated carbocycles. The van der Waals surface area contributed by atoms with Crippen LogP contribution in [0.15, 0.2) is 42.6 Å². The summed E-state index contributed by atoms with van der Waals surface area (Å²) in [6, 6.07) is 14.0. The van der Waals surface area contributed by atoms with Gasteiger partial charge in [-0.3, -0.25) is 14.7 Å². The first-order valence-electron chi connectivity index (χ1n) is 13.4. The van der Waals surface area contributed by atoms with Crippen LogP contribution in [0.25, 0.3) is 0 Å². The molecule has 3 aliphatic heterocycles. The summed E-state index contributed by atoms with van der Waals surface area (Å²) < 4.78 is 5.59. The van der Waals surface area contributed by atoms with Crippen LogP contribution in [0.5, 0.6) is 0 Å². The molecular formula is C28H39Cl2N5O. The van der Waals surface area contributed by atoms with Gasteiger partial charge in [-0.05, 0) is 62.6 Å². The maximum Gasteiger partial charge on any atom is 0.129 e. The molecule has 3 saturated heterocycles. The first kappa shape index (κ1) is 26.2. The fourth-order valence-electron chi connectivity index (χ4n) is 6.08. The molecule has 8 heteroatoms. The van der Waals surface area contributed by atoms with Gasteiger partial charge in [0.2, 0.25) is 0 Å². The minimum atomic E-state index is 0.558. The molecule has 196 valence electrons. The lowest BCUT2D eigenvalue weighted by Gasteiger charge is -2.51. The highest BCUT2D eigenvalue weighted by molar-refractivity contribution is 6.31. The molecule has 0 N–H and O–H groups in total. The van der Waals surface area contributed by atoms with Crippen LogP contribution in [-0.4, -0.2) is 104 Å². The molecule has 1 aromatic heterocycles. The van der Waals surface area contributed by atoms with Crippen LogP contribution < -0.4 is 4.90 Å². The van der Waals surface area contributed by atoms with Crippen molar-refractivity contribution >= 4 is 29.0 Å². The molecule has 2 aromatic rings. The van der Waals surface area contributed by atoms with E-state index >= 15 is 0 Å². The molecule has 6 nitrogen and oxygen atoms in total. The summed E-state index contributed by atoms with van der Waals surface area (Å²) in [5, 5.41) is 1.57. The number of piperazine rings is 1. The van der Waals surface area contributed by atoms with Gasteiger partial charge in [0.1, 0.15) is 5.82 Å². The number of rotatable bonds is 7. The Morgan fingerprint density at radius 1 is 0.917 bits per heavy atom. The molecule has 0 bridgehead atoms. The number of pyridine rings is 1. The second kappa shape index (κ2) is 12.4. The zero-order valence-electron chi connectivity index (χ0n) is 21.4. The Hall–Kier alpha value is -1.41. The number of hydrogen-bond donors (Lipinski definition) is 0. The highest BCUT2D eigenvalue weighted by atomic mass is 35.5. The Balaban J connectivity index is 1.25. The Morgan fingerprint density at radius 3 is 2.39 bits per heavy atom. The standard InChI is InChI=1S/C28H39Cl2N5O/c1-32-19-26(7-4-22-2-5-23(29)6-3-22)35(21-27(32)20-33-14-16-36-17-15-33)25-9-12-34(13-10-25)28-18-24(30)8-11-31-28/h2-3,5-6,8,11,18,25-27H,4,7,9-10,12-17,19-21H2,1H3/t26-,27-/m0/s1. The van der Waals surface area contributed by atoms with Crippen LogP contribution in [0.1, 0.15) is 24.8 Å². The van der Waals surface area contributed by atoms with E-state index in [1.807, 2.05) is 30.5 Å². The van der Waals surface area contributed by atoms with Crippen molar-refractivity contribution in [3.63, 3.8) is 0 Å². The van der Waals surface area contributed by atoms with Gasteiger partial charge in [0.05, 0.1) is 13.2 Å². The van der Waals surface area contributed by atoms with E-state index in [1.165, 1.54) is 24.8 Å². The average molecular weight is 533 g/mol. The minimum Gasteiger partial charge on any atom is -0.379 e. The van der Waals surface area contributed by atoms with Crippen LogP contribution in [-0.2, 0) is 11.2 Å². The number of benzene rings is 1. The van der Waals surface area contributed by atoms with Crippen LogP contribution >= 0.6 is 23.2 Å². The second-order valence-corrected chi connectivity index (χ2v) is 11.4. The Kier molecular flexibility index (Phi) is 9.04. The SMILES string of the molecule is CN1C[C@H](CCc2ccc(Cl)cc2)N(C2CCN(c3cc(Cl)ccn3)CC2)C[C@@H]1CN1CCOCC1. The number of halogens is 2.